The average molecular weight is 218 g/mol. The summed E-state index contributed by atoms with van der Waals surface area (Å²) in [5.41, 5.74) is 2.15. The topological polar surface area (TPSA) is 17.1 Å². The Bertz CT molecular complexity index is 331. The van der Waals surface area contributed by atoms with Crippen molar-refractivity contribution in [2.45, 2.75) is 46.5 Å². The van der Waals surface area contributed by atoms with Crippen LogP contribution in [0.3, 0.4) is 0 Å². The van der Waals surface area contributed by atoms with E-state index in [1.165, 1.54) is 5.56 Å². The molecule has 0 aliphatic rings. The normalized spacial score (nSPS) is 11.1. The molecule has 0 fully saturated rings. The third kappa shape index (κ3) is 2.94. The summed E-state index contributed by atoms with van der Waals surface area (Å²) in [4.78, 5) is 12.1. The number of rotatable bonds is 5. The smallest absolute Gasteiger partial charge is 0.165 e. The Hall–Kier alpha value is -1.11. The largest absolute Gasteiger partial charge is 0.294 e. The van der Waals surface area contributed by atoms with Crippen molar-refractivity contribution in [2.75, 3.05) is 0 Å². The minimum Gasteiger partial charge on any atom is -0.294 e. The van der Waals surface area contributed by atoms with Crippen LogP contribution < -0.4 is 0 Å². The van der Waals surface area contributed by atoms with E-state index in [-0.39, 0.29) is 5.92 Å². The standard InChI is InChI=1S/C15H22O/c1-5-12(6-2)15(16)14-9-7-13(8-10-14)11(3)4/h7-12H,5-6H2,1-4H3. The molecule has 0 aliphatic heterocycles. The zero-order valence-corrected chi connectivity index (χ0v) is 10.8. The van der Waals surface area contributed by atoms with Gasteiger partial charge in [0.2, 0.25) is 0 Å². The van der Waals surface area contributed by atoms with Crippen LogP contribution in [-0.2, 0) is 0 Å². The van der Waals surface area contributed by atoms with Gasteiger partial charge in [-0.25, -0.2) is 0 Å². The van der Waals surface area contributed by atoms with Gasteiger partial charge in [-0.1, -0.05) is 52.0 Å². The van der Waals surface area contributed by atoms with Crippen LogP contribution in [0.1, 0.15) is 62.4 Å². The molecule has 16 heavy (non-hydrogen) atoms. The van der Waals surface area contributed by atoms with Crippen LogP contribution in [0.5, 0.6) is 0 Å². The van der Waals surface area contributed by atoms with Gasteiger partial charge in [0.1, 0.15) is 0 Å². The van der Waals surface area contributed by atoms with Gasteiger partial charge in [0, 0.05) is 11.5 Å². The molecule has 1 rings (SSSR count). The van der Waals surface area contributed by atoms with Crippen LogP contribution in [0.2, 0.25) is 0 Å². The van der Waals surface area contributed by atoms with Gasteiger partial charge in [0.15, 0.2) is 5.78 Å². The fourth-order valence-corrected chi connectivity index (χ4v) is 1.93. The third-order valence-electron chi connectivity index (χ3n) is 3.22. The first-order chi connectivity index (χ1) is 7.60. The summed E-state index contributed by atoms with van der Waals surface area (Å²) in [6, 6.07) is 8.08. The van der Waals surface area contributed by atoms with Crippen LogP contribution in [0.25, 0.3) is 0 Å². The first kappa shape index (κ1) is 13.0. The molecular weight excluding hydrogens is 196 g/mol. The highest BCUT2D eigenvalue weighted by atomic mass is 16.1. The van der Waals surface area contributed by atoms with Gasteiger partial charge in [0.25, 0.3) is 0 Å². The Morgan fingerprint density at radius 3 is 1.94 bits per heavy atom. The van der Waals surface area contributed by atoms with E-state index in [2.05, 4.69) is 39.8 Å². The molecule has 0 aliphatic carbocycles. The summed E-state index contributed by atoms with van der Waals surface area (Å²) in [7, 11) is 0. The van der Waals surface area contributed by atoms with E-state index in [1.807, 2.05) is 12.1 Å². The molecule has 0 bridgehead atoms. The Morgan fingerprint density at radius 1 is 1.06 bits per heavy atom. The molecule has 1 aromatic carbocycles. The fraction of sp³-hybridized carbons (Fsp3) is 0.533. The van der Waals surface area contributed by atoms with E-state index in [0.29, 0.717) is 11.7 Å². The molecule has 1 aromatic rings. The van der Waals surface area contributed by atoms with E-state index in [9.17, 15) is 4.79 Å². The summed E-state index contributed by atoms with van der Waals surface area (Å²) in [5, 5.41) is 0. The van der Waals surface area contributed by atoms with Crippen LogP contribution in [0.4, 0.5) is 0 Å². The zero-order valence-electron chi connectivity index (χ0n) is 10.8. The summed E-state index contributed by atoms with van der Waals surface area (Å²) in [5.74, 6) is 1.00. The molecule has 0 heterocycles. The van der Waals surface area contributed by atoms with Crippen molar-refractivity contribution in [2.24, 2.45) is 5.92 Å². The van der Waals surface area contributed by atoms with Crippen molar-refractivity contribution < 1.29 is 4.79 Å². The highest BCUT2D eigenvalue weighted by Crippen LogP contribution is 2.19. The summed E-state index contributed by atoms with van der Waals surface area (Å²) in [6.07, 6.45) is 1.86. The highest BCUT2D eigenvalue weighted by Gasteiger charge is 2.15. The molecule has 0 saturated carbocycles. The number of hydrogen-bond donors (Lipinski definition) is 0. The second-order valence-electron chi connectivity index (χ2n) is 4.65. The summed E-state index contributed by atoms with van der Waals surface area (Å²) >= 11 is 0. The molecule has 0 amide bonds. The monoisotopic (exact) mass is 218 g/mol. The van der Waals surface area contributed by atoms with Gasteiger partial charge in [-0.15, -0.1) is 0 Å². The predicted octanol–water partition coefficient (Wildman–Crippen LogP) is 4.43. The minimum atomic E-state index is 0.185. The van der Waals surface area contributed by atoms with Crippen molar-refractivity contribution in [3.05, 3.63) is 35.4 Å². The first-order valence-electron chi connectivity index (χ1n) is 6.24. The molecule has 0 saturated heterocycles. The molecule has 0 atom stereocenters. The predicted molar refractivity (Wildman–Crippen MR) is 68.9 cm³/mol. The fourth-order valence-electron chi connectivity index (χ4n) is 1.93. The Kier molecular flexibility index (Phi) is 4.72. The highest BCUT2D eigenvalue weighted by molar-refractivity contribution is 5.97. The number of benzene rings is 1. The molecule has 0 radical (unpaired) electrons. The van der Waals surface area contributed by atoms with E-state index in [4.69, 9.17) is 0 Å². The molecule has 88 valence electrons. The Labute approximate surface area is 98.9 Å². The maximum atomic E-state index is 12.1. The van der Waals surface area contributed by atoms with Crippen molar-refractivity contribution in [1.29, 1.82) is 0 Å². The second kappa shape index (κ2) is 5.83. The SMILES string of the molecule is CCC(CC)C(=O)c1ccc(C(C)C)cc1. The second-order valence-corrected chi connectivity index (χ2v) is 4.65. The van der Waals surface area contributed by atoms with Crippen molar-refractivity contribution in [1.82, 2.24) is 0 Å². The van der Waals surface area contributed by atoms with E-state index >= 15 is 0 Å². The summed E-state index contributed by atoms with van der Waals surface area (Å²) in [6.45, 7) is 8.48. The lowest BCUT2D eigenvalue weighted by atomic mass is 9.92. The van der Waals surface area contributed by atoms with Gasteiger partial charge in [0.05, 0.1) is 0 Å². The van der Waals surface area contributed by atoms with Crippen molar-refractivity contribution in [3.8, 4) is 0 Å². The first-order valence-corrected chi connectivity index (χ1v) is 6.24. The van der Waals surface area contributed by atoms with E-state index in [1.54, 1.807) is 0 Å². The van der Waals surface area contributed by atoms with Crippen molar-refractivity contribution in [3.63, 3.8) is 0 Å². The lowest BCUT2D eigenvalue weighted by Crippen LogP contribution is -2.12. The van der Waals surface area contributed by atoms with E-state index < -0.39 is 0 Å². The van der Waals surface area contributed by atoms with Gasteiger partial charge < -0.3 is 0 Å². The van der Waals surface area contributed by atoms with Crippen LogP contribution in [0.15, 0.2) is 24.3 Å². The maximum Gasteiger partial charge on any atom is 0.165 e. The summed E-state index contributed by atoms with van der Waals surface area (Å²) < 4.78 is 0. The molecule has 0 N–H and O–H groups in total. The number of hydrogen-bond acceptors (Lipinski definition) is 1. The number of ketones is 1. The van der Waals surface area contributed by atoms with Crippen molar-refractivity contribution >= 4 is 5.78 Å². The van der Waals surface area contributed by atoms with Gasteiger partial charge >= 0.3 is 0 Å². The molecular formula is C15H22O. The Balaban J connectivity index is 2.85. The lowest BCUT2D eigenvalue weighted by molar-refractivity contribution is 0.0913. The molecule has 1 nitrogen and oxygen atoms in total. The number of carbonyl (C=O) groups is 1. The van der Waals surface area contributed by atoms with Crippen LogP contribution in [0, 0.1) is 5.92 Å². The number of carbonyl (C=O) groups excluding carboxylic acids is 1. The van der Waals surface area contributed by atoms with Gasteiger partial charge in [-0.05, 0) is 24.3 Å². The Morgan fingerprint density at radius 2 is 1.56 bits per heavy atom. The van der Waals surface area contributed by atoms with E-state index in [0.717, 1.165) is 18.4 Å². The molecule has 0 unspecified atom stereocenters. The third-order valence-corrected chi connectivity index (χ3v) is 3.22. The van der Waals surface area contributed by atoms with Crippen LogP contribution >= 0.6 is 0 Å². The number of Topliss-reactive ketones (excluding diaryl/α,β-unsaturated/α-hetero) is 1. The molecule has 0 spiro atoms. The molecule has 1 heteroatoms. The van der Waals surface area contributed by atoms with Gasteiger partial charge in [-0.2, -0.15) is 0 Å². The maximum absolute atomic E-state index is 12.1. The lowest BCUT2D eigenvalue weighted by Gasteiger charge is -2.12. The van der Waals surface area contributed by atoms with Gasteiger partial charge in [-0.3, -0.25) is 4.79 Å². The average Bonchev–Trinajstić information content (AvgIpc) is 2.30. The minimum absolute atomic E-state index is 0.185. The quantitative estimate of drug-likeness (QED) is 0.668. The van der Waals surface area contributed by atoms with Crippen LogP contribution in [-0.4, -0.2) is 5.78 Å². The zero-order chi connectivity index (χ0) is 12.1. The molecule has 0 aromatic heterocycles.